The molecule has 1 aromatic heterocycles. The lowest BCUT2D eigenvalue weighted by Gasteiger charge is -2.02. The fraction of sp³-hybridized carbons (Fsp3) is 0.111. The van der Waals surface area contributed by atoms with Crippen LogP contribution in [0.25, 0.3) is 11.3 Å². The number of benzene rings is 2. The molecular weight excluding hydrogens is 326 g/mol. The van der Waals surface area contributed by atoms with Gasteiger partial charge in [0.05, 0.1) is 11.9 Å². The van der Waals surface area contributed by atoms with Gasteiger partial charge in [-0.25, -0.2) is 4.98 Å². The van der Waals surface area contributed by atoms with E-state index in [4.69, 9.17) is 11.6 Å². The van der Waals surface area contributed by atoms with Crippen molar-refractivity contribution in [2.24, 2.45) is 5.10 Å². The van der Waals surface area contributed by atoms with Crippen molar-refractivity contribution < 1.29 is 0 Å². The smallest absolute Gasteiger partial charge is 0.203 e. The third kappa shape index (κ3) is 3.97. The molecule has 23 heavy (non-hydrogen) atoms. The van der Waals surface area contributed by atoms with E-state index in [1.165, 1.54) is 22.5 Å². The van der Waals surface area contributed by atoms with Crippen LogP contribution in [0, 0.1) is 13.8 Å². The molecule has 3 nitrogen and oxygen atoms in total. The Kier molecular flexibility index (Phi) is 4.74. The van der Waals surface area contributed by atoms with Gasteiger partial charge in [0.25, 0.3) is 0 Å². The number of nitrogens with one attached hydrogen (secondary N) is 1. The monoisotopic (exact) mass is 341 g/mol. The number of thiazole rings is 1. The van der Waals surface area contributed by atoms with E-state index in [0.717, 1.165) is 22.0 Å². The van der Waals surface area contributed by atoms with Gasteiger partial charge in [0.15, 0.2) is 0 Å². The molecular formula is C18H16ClN3S. The van der Waals surface area contributed by atoms with Crippen LogP contribution < -0.4 is 5.43 Å². The van der Waals surface area contributed by atoms with Crippen molar-refractivity contribution in [3.05, 3.63) is 69.6 Å². The van der Waals surface area contributed by atoms with E-state index in [0.29, 0.717) is 5.02 Å². The van der Waals surface area contributed by atoms with Gasteiger partial charge in [-0.15, -0.1) is 11.3 Å². The van der Waals surface area contributed by atoms with Crippen molar-refractivity contribution in [3.63, 3.8) is 0 Å². The summed E-state index contributed by atoms with van der Waals surface area (Å²) in [6, 6.07) is 13.9. The lowest BCUT2D eigenvalue weighted by molar-refractivity contribution is 1.28. The molecule has 0 atom stereocenters. The molecule has 0 aliphatic rings. The number of rotatable bonds is 4. The molecule has 1 N–H and O–H groups in total. The topological polar surface area (TPSA) is 37.3 Å². The minimum absolute atomic E-state index is 0.716. The minimum atomic E-state index is 0.716. The normalized spacial score (nSPS) is 11.1. The number of aromatic nitrogens is 1. The first-order valence-electron chi connectivity index (χ1n) is 7.19. The Labute approximate surface area is 144 Å². The maximum atomic E-state index is 5.85. The highest BCUT2D eigenvalue weighted by atomic mass is 35.5. The quantitative estimate of drug-likeness (QED) is 0.500. The van der Waals surface area contributed by atoms with Gasteiger partial charge >= 0.3 is 0 Å². The molecule has 3 rings (SSSR count). The maximum absolute atomic E-state index is 5.85. The molecule has 0 saturated carbocycles. The first-order chi connectivity index (χ1) is 11.1. The highest BCUT2D eigenvalue weighted by molar-refractivity contribution is 7.14. The summed E-state index contributed by atoms with van der Waals surface area (Å²) in [5, 5.41) is 7.72. The van der Waals surface area contributed by atoms with Crippen molar-refractivity contribution in [1.82, 2.24) is 4.98 Å². The predicted octanol–water partition coefficient (Wildman–Crippen LogP) is 5.53. The molecule has 3 aromatic rings. The average molecular weight is 342 g/mol. The molecule has 1 heterocycles. The van der Waals surface area contributed by atoms with Crippen LogP contribution in [-0.4, -0.2) is 11.2 Å². The predicted molar refractivity (Wildman–Crippen MR) is 99.7 cm³/mol. The first kappa shape index (κ1) is 15.7. The van der Waals surface area contributed by atoms with E-state index >= 15 is 0 Å². The minimum Gasteiger partial charge on any atom is -0.253 e. The summed E-state index contributed by atoms with van der Waals surface area (Å²) in [5.74, 6) is 0. The molecule has 0 amide bonds. The first-order valence-corrected chi connectivity index (χ1v) is 8.45. The summed E-state index contributed by atoms with van der Waals surface area (Å²) >= 11 is 7.39. The van der Waals surface area contributed by atoms with E-state index < -0.39 is 0 Å². The average Bonchev–Trinajstić information content (AvgIpc) is 3.01. The number of hydrazone groups is 1. The lowest BCUT2D eigenvalue weighted by Crippen LogP contribution is -1.90. The highest BCUT2D eigenvalue weighted by Crippen LogP contribution is 2.26. The number of anilines is 1. The largest absolute Gasteiger partial charge is 0.253 e. The zero-order chi connectivity index (χ0) is 16.2. The number of hydrogen-bond donors (Lipinski definition) is 1. The van der Waals surface area contributed by atoms with Gasteiger partial charge in [-0.1, -0.05) is 35.9 Å². The second-order valence-corrected chi connectivity index (χ2v) is 6.55. The third-order valence-corrected chi connectivity index (χ3v) is 4.55. The molecule has 0 unspecified atom stereocenters. The molecule has 0 saturated heterocycles. The van der Waals surface area contributed by atoms with Gasteiger partial charge in [0, 0.05) is 16.0 Å². The van der Waals surface area contributed by atoms with Crippen LogP contribution in [0.3, 0.4) is 0 Å². The highest BCUT2D eigenvalue weighted by Gasteiger charge is 2.05. The molecule has 116 valence electrons. The van der Waals surface area contributed by atoms with Gasteiger partial charge in [-0.2, -0.15) is 5.10 Å². The molecule has 0 spiro atoms. The second-order valence-electron chi connectivity index (χ2n) is 5.26. The Morgan fingerprint density at radius 1 is 1.09 bits per heavy atom. The van der Waals surface area contributed by atoms with E-state index in [1.807, 2.05) is 29.6 Å². The zero-order valence-electron chi connectivity index (χ0n) is 12.9. The summed E-state index contributed by atoms with van der Waals surface area (Å²) in [6.45, 7) is 4.22. The van der Waals surface area contributed by atoms with Crippen molar-refractivity contribution in [2.75, 3.05) is 5.43 Å². The Balaban J connectivity index is 1.69. The van der Waals surface area contributed by atoms with Crippen LogP contribution in [-0.2, 0) is 0 Å². The Bertz CT molecular complexity index is 838. The fourth-order valence-electron chi connectivity index (χ4n) is 2.07. The molecule has 0 bridgehead atoms. The van der Waals surface area contributed by atoms with Crippen LogP contribution in [0.1, 0.15) is 16.7 Å². The molecule has 5 heteroatoms. The van der Waals surface area contributed by atoms with E-state index in [-0.39, 0.29) is 0 Å². The Hall–Kier alpha value is -2.17. The van der Waals surface area contributed by atoms with Crippen LogP contribution in [0.15, 0.2) is 52.9 Å². The third-order valence-electron chi connectivity index (χ3n) is 3.55. The van der Waals surface area contributed by atoms with E-state index in [1.54, 1.807) is 6.21 Å². The second kappa shape index (κ2) is 6.94. The summed E-state index contributed by atoms with van der Waals surface area (Å²) in [6.07, 6.45) is 1.74. The van der Waals surface area contributed by atoms with Crippen LogP contribution >= 0.6 is 22.9 Å². The van der Waals surface area contributed by atoms with Crippen molar-refractivity contribution >= 4 is 34.3 Å². The van der Waals surface area contributed by atoms with Crippen molar-refractivity contribution in [3.8, 4) is 11.3 Å². The summed E-state index contributed by atoms with van der Waals surface area (Å²) in [5.41, 5.74) is 8.59. The zero-order valence-corrected chi connectivity index (χ0v) is 14.4. The number of nitrogens with zero attached hydrogens (tertiary/aromatic N) is 2. The number of aryl methyl sites for hydroxylation is 2. The standard InChI is InChI=1S/C18H16ClN3S/c1-12-3-6-15(9-13(12)2)17-11-23-18(21-17)22-20-10-14-4-7-16(19)8-5-14/h3-11H,1-2H3,(H,21,22)/b20-10-. The maximum Gasteiger partial charge on any atom is 0.203 e. The molecule has 0 fully saturated rings. The summed E-state index contributed by atoms with van der Waals surface area (Å²) < 4.78 is 0. The van der Waals surface area contributed by atoms with Gasteiger partial charge in [-0.3, -0.25) is 5.43 Å². The van der Waals surface area contributed by atoms with Crippen molar-refractivity contribution in [2.45, 2.75) is 13.8 Å². The van der Waals surface area contributed by atoms with E-state index in [9.17, 15) is 0 Å². The van der Waals surface area contributed by atoms with Crippen LogP contribution in [0.2, 0.25) is 5.02 Å². The SMILES string of the molecule is Cc1ccc(-c2csc(N/N=C\c3ccc(Cl)cc3)n2)cc1C. The number of hydrogen-bond acceptors (Lipinski definition) is 4. The van der Waals surface area contributed by atoms with Crippen LogP contribution in [0.5, 0.6) is 0 Å². The van der Waals surface area contributed by atoms with Gasteiger partial charge in [0.1, 0.15) is 0 Å². The van der Waals surface area contributed by atoms with Crippen molar-refractivity contribution in [1.29, 1.82) is 0 Å². The van der Waals surface area contributed by atoms with E-state index in [2.05, 4.69) is 47.6 Å². The summed E-state index contributed by atoms with van der Waals surface area (Å²) in [4.78, 5) is 4.57. The van der Waals surface area contributed by atoms with Gasteiger partial charge in [-0.05, 0) is 48.7 Å². The number of halogens is 1. The Morgan fingerprint density at radius 3 is 2.61 bits per heavy atom. The lowest BCUT2D eigenvalue weighted by atomic mass is 10.1. The fourth-order valence-corrected chi connectivity index (χ4v) is 2.86. The molecule has 2 aromatic carbocycles. The van der Waals surface area contributed by atoms with Gasteiger partial charge in [0.2, 0.25) is 5.13 Å². The Morgan fingerprint density at radius 2 is 1.87 bits per heavy atom. The summed E-state index contributed by atoms with van der Waals surface area (Å²) in [7, 11) is 0. The van der Waals surface area contributed by atoms with Crippen LogP contribution in [0.4, 0.5) is 5.13 Å². The molecule has 0 aliphatic heterocycles. The molecule has 0 radical (unpaired) electrons. The molecule has 0 aliphatic carbocycles. The van der Waals surface area contributed by atoms with Gasteiger partial charge < -0.3 is 0 Å².